The highest BCUT2D eigenvalue weighted by molar-refractivity contribution is 7.92. The first-order chi connectivity index (χ1) is 17.9. The van der Waals surface area contributed by atoms with Crippen molar-refractivity contribution in [1.82, 2.24) is 4.98 Å². The molecule has 0 saturated heterocycles. The summed E-state index contributed by atoms with van der Waals surface area (Å²) in [5.41, 5.74) is 2.81. The van der Waals surface area contributed by atoms with Gasteiger partial charge in [-0.15, -0.1) is 11.3 Å². The standard InChI is InChI=1S/C28H22N2O5S2/c1-34-28(31)25-15-14-24(29-25)23-18-20(30-37(32,33)22-6-3-2-4-7-22)11-16-26(23)35-21-12-9-19(10-13-21)27-8-5-17-36-27/h2-18,29-30H,1H3. The lowest BCUT2D eigenvalue weighted by atomic mass is 10.1. The minimum Gasteiger partial charge on any atom is -0.464 e. The molecule has 2 N–H and O–H groups in total. The third kappa shape index (κ3) is 5.42. The van der Waals surface area contributed by atoms with Crippen LogP contribution < -0.4 is 9.46 Å². The molecule has 2 aromatic heterocycles. The second-order valence-corrected chi connectivity index (χ2v) is 10.6. The Morgan fingerprint density at radius 1 is 0.892 bits per heavy atom. The van der Waals surface area contributed by atoms with Gasteiger partial charge < -0.3 is 14.5 Å². The smallest absolute Gasteiger partial charge is 0.354 e. The lowest BCUT2D eigenvalue weighted by Crippen LogP contribution is -2.12. The van der Waals surface area contributed by atoms with E-state index in [1.807, 2.05) is 35.7 Å². The van der Waals surface area contributed by atoms with Gasteiger partial charge in [0.2, 0.25) is 0 Å². The van der Waals surface area contributed by atoms with Gasteiger partial charge in [0, 0.05) is 21.8 Å². The lowest BCUT2D eigenvalue weighted by Gasteiger charge is -2.14. The highest BCUT2D eigenvalue weighted by Gasteiger charge is 2.18. The molecule has 0 unspecified atom stereocenters. The van der Waals surface area contributed by atoms with Crippen LogP contribution >= 0.6 is 11.3 Å². The minimum atomic E-state index is -3.80. The van der Waals surface area contributed by atoms with Gasteiger partial charge in [-0.05, 0) is 83.7 Å². The first-order valence-electron chi connectivity index (χ1n) is 11.2. The summed E-state index contributed by atoms with van der Waals surface area (Å²) in [5.74, 6) is 0.572. The summed E-state index contributed by atoms with van der Waals surface area (Å²) in [7, 11) is -2.49. The summed E-state index contributed by atoms with van der Waals surface area (Å²) in [6.45, 7) is 0. The molecule has 0 radical (unpaired) electrons. The first kappa shape index (κ1) is 24.4. The van der Waals surface area contributed by atoms with Crippen LogP contribution in [0.4, 0.5) is 5.69 Å². The van der Waals surface area contributed by atoms with Crippen LogP contribution in [0, 0.1) is 0 Å². The highest BCUT2D eigenvalue weighted by atomic mass is 32.2. The molecule has 0 aliphatic carbocycles. The molecule has 186 valence electrons. The molecule has 0 bridgehead atoms. The number of carbonyl (C=O) groups is 1. The number of H-pyrrole nitrogens is 1. The molecule has 5 aromatic rings. The third-order valence-electron chi connectivity index (χ3n) is 5.55. The Balaban J connectivity index is 1.49. The summed E-state index contributed by atoms with van der Waals surface area (Å²) in [6, 6.07) is 28.2. The van der Waals surface area contributed by atoms with Crippen molar-refractivity contribution in [3.63, 3.8) is 0 Å². The number of aromatic amines is 1. The molecule has 0 aliphatic heterocycles. The number of thiophene rings is 1. The second kappa shape index (κ2) is 10.3. The Hall–Kier alpha value is -4.34. The van der Waals surface area contributed by atoms with E-state index in [2.05, 4.69) is 15.8 Å². The Kier molecular flexibility index (Phi) is 6.80. The Bertz CT molecular complexity index is 1630. The summed E-state index contributed by atoms with van der Waals surface area (Å²) < 4.78 is 39.4. The first-order valence-corrected chi connectivity index (χ1v) is 13.6. The molecular formula is C28H22N2O5S2. The van der Waals surface area contributed by atoms with Crippen LogP contribution in [0.2, 0.25) is 0 Å². The van der Waals surface area contributed by atoms with Crippen LogP contribution in [-0.4, -0.2) is 26.5 Å². The average molecular weight is 531 g/mol. The number of methoxy groups -OCH3 is 1. The zero-order valence-corrected chi connectivity index (χ0v) is 21.3. The average Bonchev–Trinajstić information content (AvgIpc) is 3.63. The quantitative estimate of drug-likeness (QED) is 0.215. The molecule has 0 aliphatic rings. The van der Waals surface area contributed by atoms with Gasteiger partial charge in [0.25, 0.3) is 10.0 Å². The molecule has 7 nitrogen and oxygen atoms in total. The Morgan fingerprint density at radius 2 is 1.68 bits per heavy atom. The van der Waals surface area contributed by atoms with Crippen LogP contribution in [0.15, 0.2) is 107 Å². The second-order valence-electron chi connectivity index (χ2n) is 8.01. The number of nitrogens with one attached hydrogen (secondary N) is 2. The zero-order chi connectivity index (χ0) is 25.8. The molecular weight excluding hydrogens is 508 g/mol. The van der Waals surface area contributed by atoms with E-state index in [1.54, 1.807) is 59.9 Å². The van der Waals surface area contributed by atoms with Gasteiger partial charge in [-0.25, -0.2) is 13.2 Å². The number of sulfonamides is 1. The van der Waals surface area contributed by atoms with Gasteiger partial charge >= 0.3 is 5.97 Å². The van der Waals surface area contributed by atoms with Crippen LogP contribution in [-0.2, 0) is 14.8 Å². The van der Waals surface area contributed by atoms with E-state index in [0.29, 0.717) is 28.4 Å². The maximum absolute atomic E-state index is 12.9. The topological polar surface area (TPSA) is 97.5 Å². The number of hydrogen-bond donors (Lipinski definition) is 2. The molecule has 5 rings (SSSR count). The summed E-state index contributed by atoms with van der Waals surface area (Å²) in [4.78, 5) is 16.3. The number of ether oxygens (including phenoxy) is 2. The lowest BCUT2D eigenvalue weighted by molar-refractivity contribution is 0.0595. The fourth-order valence-electron chi connectivity index (χ4n) is 3.74. The van der Waals surface area contributed by atoms with Crippen molar-refractivity contribution < 1.29 is 22.7 Å². The van der Waals surface area contributed by atoms with Crippen molar-refractivity contribution in [3.8, 4) is 33.2 Å². The number of hydrogen-bond acceptors (Lipinski definition) is 6. The molecule has 0 fully saturated rings. The van der Waals surface area contributed by atoms with Crippen molar-refractivity contribution in [3.05, 3.63) is 108 Å². The summed E-state index contributed by atoms with van der Waals surface area (Å²) in [5, 5.41) is 2.03. The van der Waals surface area contributed by atoms with Crippen LogP contribution in [0.25, 0.3) is 21.7 Å². The van der Waals surface area contributed by atoms with E-state index in [1.165, 1.54) is 19.2 Å². The van der Waals surface area contributed by atoms with Gasteiger partial charge in [-0.3, -0.25) is 4.72 Å². The largest absolute Gasteiger partial charge is 0.464 e. The number of aromatic nitrogens is 1. The van der Waals surface area contributed by atoms with Gasteiger partial charge in [-0.2, -0.15) is 0 Å². The Labute approximate surface area is 218 Å². The van der Waals surface area contributed by atoms with E-state index >= 15 is 0 Å². The molecule has 0 saturated carbocycles. The van der Waals surface area contributed by atoms with Crippen LogP contribution in [0.5, 0.6) is 11.5 Å². The number of rotatable bonds is 8. The highest BCUT2D eigenvalue weighted by Crippen LogP contribution is 2.37. The predicted octanol–water partition coefficient (Wildman–Crippen LogP) is 6.79. The fraction of sp³-hybridized carbons (Fsp3) is 0.0357. The number of anilines is 1. The third-order valence-corrected chi connectivity index (χ3v) is 7.87. The number of benzene rings is 3. The monoisotopic (exact) mass is 530 g/mol. The minimum absolute atomic E-state index is 0.149. The molecule has 3 aromatic carbocycles. The SMILES string of the molecule is COC(=O)c1ccc(-c2cc(NS(=O)(=O)c3ccccc3)ccc2Oc2ccc(-c3cccs3)cc2)[nH]1. The molecule has 0 atom stereocenters. The molecule has 0 spiro atoms. The van der Waals surface area contributed by atoms with Crippen molar-refractivity contribution in [2.24, 2.45) is 0 Å². The van der Waals surface area contributed by atoms with E-state index in [9.17, 15) is 13.2 Å². The van der Waals surface area contributed by atoms with Gasteiger partial charge in [0.05, 0.1) is 12.0 Å². The van der Waals surface area contributed by atoms with Crippen LogP contribution in [0.1, 0.15) is 10.5 Å². The van der Waals surface area contributed by atoms with E-state index in [-0.39, 0.29) is 10.6 Å². The van der Waals surface area contributed by atoms with E-state index < -0.39 is 16.0 Å². The molecule has 37 heavy (non-hydrogen) atoms. The maximum atomic E-state index is 12.9. The summed E-state index contributed by atoms with van der Waals surface area (Å²) >= 11 is 1.66. The van der Waals surface area contributed by atoms with Gasteiger partial charge in [0.1, 0.15) is 17.2 Å². The zero-order valence-electron chi connectivity index (χ0n) is 19.7. The summed E-state index contributed by atoms with van der Waals surface area (Å²) in [6.07, 6.45) is 0. The van der Waals surface area contributed by atoms with E-state index in [0.717, 1.165) is 10.4 Å². The predicted molar refractivity (Wildman–Crippen MR) is 145 cm³/mol. The van der Waals surface area contributed by atoms with Crippen molar-refractivity contribution in [1.29, 1.82) is 0 Å². The van der Waals surface area contributed by atoms with Crippen molar-refractivity contribution >= 4 is 33.0 Å². The number of esters is 1. The van der Waals surface area contributed by atoms with Gasteiger partial charge in [-0.1, -0.05) is 24.3 Å². The molecule has 0 amide bonds. The fourth-order valence-corrected chi connectivity index (χ4v) is 5.55. The Morgan fingerprint density at radius 3 is 2.38 bits per heavy atom. The van der Waals surface area contributed by atoms with E-state index in [4.69, 9.17) is 9.47 Å². The normalized spacial score (nSPS) is 11.2. The van der Waals surface area contributed by atoms with Crippen molar-refractivity contribution in [2.45, 2.75) is 4.90 Å². The molecule has 9 heteroatoms. The maximum Gasteiger partial charge on any atom is 0.354 e. The van der Waals surface area contributed by atoms with Gasteiger partial charge in [0.15, 0.2) is 0 Å². The number of carbonyl (C=O) groups excluding carboxylic acids is 1. The van der Waals surface area contributed by atoms with Crippen molar-refractivity contribution in [2.75, 3.05) is 11.8 Å². The van der Waals surface area contributed by atoms with Crippen LogP contribution in [0.3, 0.4) is 0 Å². The molecule has 2 heterocycles.